The summed E-state index contributed by atoms with van der Waals surface area (Å²) in [5, 5.41) is 8.54. The number of aromatic nitrogens is 3. The Kier molecular flexibility index (Phi) is 4.22. The molecule has 0 radical (unpaired) electrons. The molecule has 0 fully saturated rings. The second-order valence-corrected chi connectivity index (χ2v) is 5.13. The number of hydrogen-bond donors (Lipinski definition) is 1. The first kappa shape index (κ1) is 14.0. The van der Waals surface area contributed by atoms with Crippen molar-refractivity contribution >= 4 is 11.6 Å². The number of rotatable bonds is 4. The third-order valence-electron chi connectivity index (χ3n) is 3.54. The van der Waals surface area contributed by atoms with Crippen LogP contribution in [0.15, 0.2) is 18.5 Å². The first-order chi connectivity index (χ1) is 9.04. The van der Waals surface area contributed by atoms with E-state index in [2.05, 4.69) is 22.3 Å². The van der Waals surface area contributed by atoms with E-state index in [0.717, 1.165) is 17.7 Å². The number of halogens is 1. The summed E-state index contributed by atoms with van der Waals surface area (Å²) in [5.41, 5.74) is 4.59. The fourth-order valence-electron chi connectivity index (χ4n) is 2.43. The van der Waals surface area contributed by atoms with Crippen LogP contribution in [0.3, 0.4) is 0 Å². The van der Waals surface area contributed by atoms with Gasteiger partial charge in [0.1, 0.15) is 0 Å². The van der Waals surface area contributed by atoms with Gasteiger partial charge in [-0.2, -0.15) is 5.10 Å². The van der Waals surface area contributed by atoms with Crippen molar-refractivity contribution in [3.63, 3.8) is 0 Å². The van der Waals surface area contributed by atoms with Crippen molar-refractivity contribution in [1.29, 1.82) is 0 Å². The zero-order valence-electron chi connectivity index (χ0n) is 11.7. The van der Waals surface area contributed by atoms with Crippen molar-refractivity contribution in [1.82, 2.24) is 20.1 Å². The minimum absolute atomic E-state index is 0.202. The lowest BCUT2D eigenvalue weighted by atomic mass is 9.98. The SMILES string of the molecule is CNC(Cc1ccncc1Cl)c1c(C)nn(C)c1C. The Bertz CT molecular complexity index is 577. The lowest BCUT2D eigenvalue weighted by Crippen LogP contribution is -2.20. The lowest BCUT2D eigenvalue weighted by molar-refractivity contribution is 0.584. The van der Waals surface area contributed by atoms with Gasteiger partial charge in [0.2, 0.25) is 0 Å². The van der Waals surface area contributed by atoms with Crippen LogP contribution in [0, 0.1) is 13.8 Å². The van der Waals surface area contributed by atoms with Crippen molar-refractivity contribution in [3.8, 4) is 0 Å². The molecule has 2 rings (SSSR count). The molecule has 0 aromatic carbocycles. The van der Waals surface area contributed by atoms with E-state index in [-0.39, 0.29) is 6.04 Å². The topological polar surface area (TPSA) is 42.7 Å². The van der Waals surface area contributed by atoms with Crippen LogP contribution >= 0.6 is 11.6 Å². The first-order valence-corrected chi connectivity index (χ1v) is 6.68. The average Bonchev–Trinajstić information content (AvgIpc) is 2.63. The van der Waals surface area contributed by atoms with Gasteiger partial charge in [0, 0.05) is 36.7 Å². The van der Waals surface area contributed by atoms with Crippen molar-refractivity contribution in [3.05, 3.63) is 46.0 Å². The van der Waals surface area contributed by atoms with E-state index in [1.165, 1.54) is 11.3 Å². The third-order valence-corrected chi connectivity index (χ3v) is 3.88. The van der Waals surface area contributed by atoms with Crippen molar-refractivity contribution in [2.24, 2.45) is 7.05 Å². The number of likely N-dealkylation sites (N-methyl/N-ethyl adjacent to an activating group) is 1. The number of hydrogen-bond acceptors (Lipinski definition) is 3. The molecule has 0 amide bonds. The number of nitrogens with one attached hydrogen (secondary N) is 1. The summed E-state index contributed by atoms with van der Waals surface area (Å²) in [7, 11) is 3.93. The maximum Gasteiger partial charge on any atom is 0.0644 e. The quantitative estimate of drug-likeness (QED) is 0.935. The molecule has 0 aliphatic carbocycles. The van der Waals surface area contributed by atoms with Gasteiger partial charge in [-0.3, -0.25) is 9.67 Å². The molecule has 2 aromatic rings. The molecule has 1 N–H and O–H groups in total. The van der Waals surface area contributed by atoms with Crippen LogP contribution in [0.1, 0.15) is 28.6 Å². The largest absolute Gasteiger partial charge is 0.313 e. The van der Waals surface area contributed by atoms with Crippen LogP contribution in [-0.2, 0) is 13.5 Å². The summed E-state index contributed by atoms with van der Waals surface area (Å²) >= 11 is 6.19. The van der Waals surface area contributed by atoms with E-state index in [9.17, 15) is 0 Å². The van der Waals surface area contributed by atoms with E-state index in [1.54, 1.807) is 12.4 Å². The molecule has 19 heavy (non-hydrogen) atoms. The molecule has 4 nitrogen and oxygen atoms in total. The standard InChI is InChI=1S/C14H19ClN4/c1-9-14(10(2)19(4)18-9)13(16-3)7-11-5-6-17-8-12(11)15/h5-6,8,13,16H,7H2,1-4H3. The van der Waals surface area contributed by atoms with Gasteiger partial charge in [-0.25, -0.2) is 0 Å². The van der Waals surface area contributed by atoms with Gasteiger partial charge in [-0.05, 0) is 38.9 Å². The van der Waals surface area contributed by atoms with Crippen molar-refractivity contribution < 1.29 is 0 Å². The molecule has 0 spiro atoms. The van der Waals surface area contributed by atoms with Gasteiger partial charge in [-0.15, -0.1) is 0 Å². The Hall–Kier alpha value is -1.39. The number of pyridine rings is 1. The summed E-state index contributed by atoms with van der Waals surface area (Å²) in [5.74, 6) is 0. The Morgan fingerprint density at radius 3 is 2.68 bits per heavy atom. The van der Waals surface area contributed by atoms with Crippen LogP contribution in [0.5, 0.6) is 0 Å². The van der Waals surface area contributed by atoms with Crippen LogP contribution in [0.2, 0.25) is 5.02 Å². The molecular formula is C14H19ClN4. The predicted octanol–water partition coefficient (Wildman–Crippen LogP) is 2.59. The fourth-order valence-corrected chi connectivity index (χ4v) is 2.63. The molecule has 0 bridgehead atoms. The molecule has 0 aliphatic rings. The highest BCUT2D eigenvalue weighted by Gasteiger charge is 2.19. The molecule has 1 atom stereocenters. The maximum atomic E-state index is 6.19. The molecule has 0 aliphatic heterocycles. The zero-order valence-corrected chi connectivity index (χ0v) is 12.5. The molecule has 1 unspecified atom stereocenters. The molecule has 102 valence electrons. The van der Waals surface area contributed by atoms with E-state index < -0.39 is 0 Å². The second kappa shape index (κ2) is 5.72. The van der Waals surface area contributed by atoms with E-state index >= 15 is 0 Å². The van der Waals surface area contributed by atoms with Crippen molar-refractivity contribution in [2.45, 2.75) is 26.3 Å². The summed E-state index contributed by atoms with van der Waals surface area (Å²) in [6, 6.07) is 2.17. The molecular weight excluding hydrogens is 260 g/mol. The van der Waals surface area contributed by atoms with Crippen molar-refractivity contribution in [2.75, 3.05) is 7.05 Å². The summed E-state index contributed by atoms with van der Waals surface area (Å²) in [4.78, 5) is 4.02. The van der Waals surface area contributed by atoms with Gasteiger partial charge in [0.25, 0.3) is 0 Å². The summed E-state index contributed by atoms with van der Waals surface area (Å²) in [6.07, 6.45) is 4.29. The molecule has 5 heteroatoms. The van der Waals surface area contributed by atoms with Crippen LogP contribution in [0.25, 0.3) is 0 Å². The van der Waals surface area contributed by atoms with Gasteiger partial charge in [0.05, 0.1) is 10.7 Å². The Morgan fingerprint density at radius 2 is 2.16 bits per heavy atom. The summed E-state index contributed by atoms with van der Waals surface area (Å²) in [6.45, 7) is 4.13. The average molecular weight is 279 g/mol. The smallest absolute Gasteiger partial charge is 0.0644 e. The molecule has 2 heterocycles. The minimum atomic E-state index is 0.202. The predicted molar refractivity (Wildman–Crippen MR) is 77.4 cm³/mol. The Labute approximate surface area is 118 Å². The van der Waals surface area contributed by atoms with Crippen LogP contribution in [0.4, 0.5) is 0 Å². The highest BCUT2D eigenvalue weighted by molar-refractivity contribution is 6.31. The van der Waals surface area contributed by atoms with Crippen LogP contribution < -0.4 is 5.32 Å². The van der Waals surface area contributed by atoms with E-state index in [4.69, 9.17) is 11.6 Å². The molecule has 0 saturated heterocycles. The highest BCUT2D eigenvalue weighted by atomic mass is 35.5. The Morgan fingerprint density at radius 1 is 1.42 bits per heavy atom. The molecule has 2 aromatic heterocycles. The second-order valence-electron chi connectivity index (χ2n) is 4.72. The fraction of sp³-hybridized carbons (Fsp3) is 0.429. The monoisotopic (exact) mass is 278 g/mol. The van der Waals surface area contributed by atoms with Crippen LogP contribution in [-0.4, -0.2) is 21.8 Å². The lowest BCUT2D eigenvalue weighted by Gasteiger charge is -2.18. The minimum Gasteiger partial charge on any atom is -0.313 e. The third kappa shape index (κ3) is 2.80. The van der Waals surface area contributed by atoms with E-state index in [0.29, 0.717) is 5.02 Å². The number of nitrogens with zero attached hydrogens (tertiary/aromatic N) is 3. The maximum absolute atomic E-state index is 6.19. The van der Waals surface area contributed by atoms with Gasteiger partial charge in [-0.1, -0.05) is 11.6 Å². The van der Waals surface area contributed by atoms with Gasteiger partial charge < -0.3 is 5.32 Å². The first-order valence-electron chi connectivity index (χ1n) is 6.30. The number of aryl methyl sites for hydroxylation is 2. The zero-order chi connectivity index (χ0) is 14.0. The Balaban J connectivity index is 2.33. The summed E-state index contributed by atoms with van der Waals surface area (Å²) < 4.78 is 1.92. The van der Waals surface area contributed by atoms with Gasteiger partial charge in [0.15, 0.2) is 0 Å². The van der Waals surface area contributed by atoms with Gasteiger partial charge >= 0.3 is 0 Å². The molecule has 0 saturated carbocycles. The van der Waals surface area contributed by atoms with E-state index in [1.807, 2.05) is 31.8 Å². The highest BCUT2D eigenvalue weighted by Crippen LogP contribution is 2.26. The normalized spacial score (nSPS) is 12.7.